The normalized spacial score (nSPS) is 10.0. The van der Waals surface area contributed by atoms with Crippen molar-refractivity contribution in [3.05, 3.63) is 5.82 Å². The Hall–Kier alpha value is -1.50. The van der Waals surface area contributed by atoms with Crippen LogP contribution in [0.3, 0.4) is 0 Å². The first kappa shape index (κ1) is 9.59. The van der Waals surface area contributed by atoms with Crippen LogP contribution < -0.4 is 5.32 Å². The third-order valence-electron chi connectivity index (χ3n) is 1.50. The van der Waals surface area contributed by atoms with E-state index in [1.54, 1.807) is 0 Å². The van der Waals surface area contributed by atoms with Crippen molar-refractivity contribution < 1.29 is 4.52 Å². The van der Waals surface area contributed by atoms with Gasteiger partial charge in [0.2, 0.25) is 0 Å². The predicted octanol–water partition coefficient (Wildman–Crippen LogP) is 1.63. The summed E-state index contributed by atoms with van der Waals surface area (Å²) < 4.78 is 4.93. The molecule has 0 unspecified atom stereocenters. The topological polar surface area (TPSA) is 51.0 Å². The molecule has 0 fully saturated rings. The number of terminal acetylenes is 1. The van der Waals surface area contributed by atoms with E-state index in [2.05, 4.69) is 21.4 Å². The predicted molar refractivity (Wildman–Crippen MR) is 50.3 cm³/mol. The molecule has 4 nitrogen and oxygen atoms in total. The molecule has 0 aromatic carbocycles. The average molecular weight is 179 g/mol. The molecule has 0 bridgehead atoms. The Morgan fingerprint density at radius 3 is 2.92 bits per heavy atom. The summed E-state index contributed by atoms with van der Waals surface area (Å²) in [6.07, 6.45) is 5.74. The maximum atomic E-state index is 5.09. The lowest BCUT2D eigenvalue weighted by molar-refractivity contribution is 0.419. The maximum absolute atomic E-state index is 5.09. The van der Waals surface area contributed by atoms with E-state index >= 15 is 0 Å². The van der Waals surface area contributed by atoms with Gasteiger partial charge in [0.25, 0.3) is 0 Å². The molecule has 0 aliphatic carbocycles. The second kappa shape index (κ2) is 4.51. The fourth-order valence-corrected chi connectivity index (χ4v) is 0.783. The van der Waals surface area contributed by atoms with Gasteiger partial charge in [0.15, 0.2) is 5.82 Å². The zero-order chi connectivity index (χ0) is 9.68. The first-order valence-electron chi connectivity index (χ1n) is 4.25. The van der Waals surface area contributed by atoms with Crippen LogP contribution in [-0.2, 0) is 0 Å². The summed E-state index contributed by atoms with van der Waals surface area (Å²) >= 11 is 0. The van der Waals surface area contributed by atoms with Crippen molar-refractivity contribution in [1.82, 2.24) is 10.1 Å². The molecule has 0 spiro atoms. The Kier molecular flexibility index (Phi) is 3.32. The first-order chi connectivity index (χ1) is 6.24. The van der Waals surface area contributed by atoms with Crippen LogP contribution in [0.25, 0.3) is 0 Å². The number of hydrogen-bond acceptors (Lipinski definition) is 4. The lowest BCUT2D eigenvalue weighted by Gasteiger charge is -1.94. The van der Waals surface area contributed by atoms with E-state index < -0.39 is 0 Å². The third-order valence-corrected chi connectivity index (χ3v) is 1.50. The van der Waals surface area contributed by atoms with E-state index in [1.807, 2.05) is 13.8 Å². The minimum Gasteiger partial charge on any atom is -0.337 e. The van der Waals surface area contributed by atoms with Crippen molar-refractivity contribution in [2.45, 2.75) is 26.2 Å². The van der Waals surface area contributed by atoms with Crippen molar-refractivity contribution in [2.75, 3.05) is 11.9 Å². The molecule has 1 aromatic rings. The third kappa shape index (κ3) is 2.79. The van der Waals surface area contributed by atoms with E-state index in [1.165, 1.54) is 0 Å². The zero-order valence-electron chi connectivity index (χ0n) is 7.87. The molecule has 4 heteroatoms. The first-order valence-corrected chi connectivity index (χ1v) is 4.25. The largest absolute Gasteiger partial charge is 0.337 e. The molecule has 70 valence electrons. The van der Waals surface area contributed by atoms with Crippen molar-refractivity contribution in [1.29, 1.82) is 0 Å². The second-order valence-electron chi connectivity index (χ2n) is 2.99. The van der Waals surface area contributed by atoms with Crippen molar-refractivity contribution in [3.63, 3.8) is 0 Å². The number of rotatable bonds is 4. The summed E-state index contributed by atoms with van der Waals surface area (Å²) in [4.78, 5) is 4.12. The Morgan fingerprint density at radius 2 is 2.38 bits per heavy atom. The van der Waals surface area contributed by atoms with Gasteiger partial charge < -0.3 is 9.84 Å². The van der Waals surface area contributed by atoms with Gasteiger partial charge in [-0.3, -0.25) is 0 Å². The monoisotopic (exact) mass is 179 g/mol. The van der Waals surface area contributed by atoms with Gasteiger partial charge in [-0.15, -0.1) is 12.3 Å². The molecule has 1 N–H and O–H groups in total. The SMILES string of the molecule is C#CCCNc1nc(C(C)C)no1. The van der Waals surface area contributed by atoms with E-state index in [-0.39, 0.29) is 5.92 Å². The highest BCUT2D eigenvalue weighted by molar-refractivity contribution is 5.19. The lowest BCUT2D eigenvalue weighted by Crippen LogP contribution is -2.00. The molecule has 0 radical (unpaired) electrons. The fourth-order valence-electron chi connectivity index (χ4n) is 0.783. The molecule has 0 saturated carbocycles. The van der Waals surface area contributed by atoms with Crippen molar-refractivity contribution in [3.8, 4) is 12.3 Å². The van der Waals surface area contributed by atoms with E-state index in [0.717, 1.165) is 0 Å². The summed E-state index contributed by atoms with van der Waals surface area (Å²) in [5.74, 6) is 3.51. The van der Waals surface area contributed by atoms with Gasteiger partial charge in [0, 0.05) is 18.9 Å². The highest BCUT2D eigenvalue weighted by Crippen LogP contribution is 2.11. The standard InChI is InChI=1S/C9H13N3O/c1-4-5-6-10-9-11-8(7(2)3)12-13-9/h1,7H,5-6H2,2-3H3,(H,10,11,12). The Balaban J connectivity index is 2.45. The number of nitrogens with one attached hydrogen (secondary N) is 1. The van der Waals surface area contributed by atoms with Crippen molar-refractivity contribution in [2.24, 2.45) is 0 Å². The van der Waals surface area contributed by atoms with Crippen LogP contribution in [0.15, 0.2) is 4.52 Å². The molecular formula is C9H13N3O. The summed E-state index contributed by atoms with van der Waals surface area (Å²) in [6, 6.07) is 0.443. The second-order valence-corrected chi connectivity index (χ2v) is 2.99. The molecule has 13 heavy (non-hydrogen) atoms. The van der Waals surface area contributed by atoms with Gasteiger partial charge in [-0.2, -0.15) is 4.98 Å². The number of anilines is 1. The van der Waals surface area contributed by atoms with Crippen LogP contribution in [-0.4, -0.2) is 16.7 Å². The highest BCUT2D eigenvalue weighted by Gasteiger charge is 2.07. The number of nitrogens with zero attached hydrogens (tertiary/aromatic N) is 2. The molecular weight excluding hydrogens is 166 g/mol. The Morgan fingerprint density at radius 1 is 1.62 bits per heavy atom. The van der Waals surface area contributed by atoms with Gasteiger partial charge >= 0.3 is 6.01 Å². The zero-order valence-corrected chi connectivity index (χ0v) is 7.87. The molecule has 1 heterocycles. The van der Waals surface area contributed by atoms with E-state index in [9.17, 15) is 0 Å². The van der Waals surface area contributed by atoms with E-state index in [0.29, 0.717) is 24.8 Å². The minimum absolute atomic E-state index is 0.284. The number of hydrogen-bond donors (Lipinski definition) is 1. The van der Waals surface area contributed by atoms with E-state index in [4.69, 9.17) is 10.9 Å². The molecule has 1 aromatic heterocycles. The summed E-state index contributed by atoms with van der Waals surface area (Å²) in [7, 11) is 0. The molecule has 1 rings (SSSR count). The molecule has 0 aliphatic heterocycles. The van der Waals surface area contributed by atoms with Crippen LogP contribution in [0.2, 0.25) is 0 Å². The van der Waals surface area contributed by atoms with Crippen LogP contribution in [0, 0.1) is 12.3 Å². The summed E-state index contributed by atoms with van der Waals surface area (Å²) in [5.41, 5.74) is 0. The Bertz CT molecular complexity index is 298. The van der Waals surface area contributed by atoms with Crippen LogP contribution in [0.1, 0.15) is 32.0 Å². The highest BCUT2D eigenvalue weighted by atomic mass is 16.5. The molecule has 0 aliphatic rings. The maximum Gasteiger partial charge on any atom is 0.321 e. The van der Waals surface area contributed by atoms with Crippen LogP contribution in [0.4, 0.5) is 6.01 Å². The average Bonchev–Trinajstić information content (AvgIpc) is 2.53. The van der Waals surface area contributed by atoms with Gasteiger partial charge in [-0.1, -0.05) is 19.0 Å². The fraction of sp³-hybridized carbons (Fsp3) is 0.556. The van der Waals surface area contributed by atoms with Gasteiger partial charge in [-0.25, -0.2) is 0 Å². The van der Waals surface area contributed by atoms with Gasteiger partial charge in [0.1, 0.15) is 0 Å². The van der Waals surface area contributed by atoms with Crippen LogP contribution in [0.5, 0.6) is 0 Å². The minimum atomic E-state index is 0.284. The summed E-state index contributed by atoms with van der Waals surface area (Å²) in [5, 5.41) is 6.73. The van der Waals surface area contributed by atoms with Crippen molar-refractivity contribution >= 4 is 6.01 Å². The Labute approximate surface area is 77.7 Å². The molecule has 0 amide bonds. The lowest BCUT2D eigenvalue weighted by atomic mass is 10.2. The quantitative estimate of drug-likeness (QED) is 0.563. The van der Waals surface area contributed by atoms with Gasteiger partial charge in [0.05, 0.1) is 0 Å². The van der Waals surface area contributed by atoms with Gasteiger partial charge in [-0.05, 0) is 0 Å². The summed E-state index contributed by atoms with van der Waals surface area (Å²) in [6.45, 7) is 4.68. The van der Waals surface area contributed by atoms with Crippen LogP contribution >= 0.6 is 0 Å². The smallest absolute Gasteiger partial charge is 0.321 e. The molecule has 0 atom stereocenters. The molecule has 0 saturated heterocycles. The number of aromatic nitrogens is 2.